The molecule has 0 radical (unpaired) electrons. The van der Waals surface area contributed by atoms with Gasteiger partial charge in [-0.15, -0.1) is 0 Å². The SMILES string of the molecule is Cn1ccc(CNC(=O)c2cc(F)cnc2Cl)c1. The maximum Gasteiger partial charge on any atom is 0.254 e. The first kappa shape index (κ1) is 12.6. The minimum Gasteiger partial charge on any atom is -0.357 e. The summed E-state index contributed by atoms with van der Waals surface area (Å²) in [6.45, 7) is 0.354. The summed E-state index contributed by atoms with van der Waals surface area (Å²) in [5.74, 6) is -1.04. The van der Waals surface area contributed by atoms with Crippen LogP contribution in [-0.4, -0.2) is 15.5 Å². The summed E-state index contributed by atoms with van der Waals surface area (Å²) in [5.41, 5.74) is 0.985. The first-order chi connectivity index (χ1) is 8.56. The molecule has 0 aliphatic rings. The Morgan fingerprint density at radius 1 is 1.61 bits per heavy atom. The van der Waals surface area contributed by atoms with E-state index in [1.54, 1.807) is 0 Å². The van der Waals surface area contributed by atoms with Crippen LogP contribution in [0, 0.1) is 5.82 Å². The molecule has 2 heterocycles. The molecule has 94 valence electrons. The highest BCUT2D eigenvalue weighted by molar-refractivity contribution is 6.32. The quantitative estimate of drug-likeness (QED) is 0.866. The van der Waals surface area contributed by atoms with E-state index in [0.717, 1.165) is 17.8 Å². The number of amides is 1. The van der Waals surface area contributed by atoms with Crippen molar-refractivity contribution in [3.8, 4) is 0 Å². The van der Waals surface area contributed by atoms with Gasteiger partial charge in [-0.05, 0) is 17.7 Å². The smallest absolute Gasteiger partial charge is 0.254 e. The Labute approximate surface area is 108 Å². The first-order valence-electron chi connectivity index (χ1n) is 5.26. The van der Waals surface area contributed by atoms with Gasteiger partial charge in [0, 0.05) is 26.0 Å². The lowest BCUT2D eigenvalue weighted by Gasteiger charge is -2.05. The Morgan fingerprint density at radius 2 is 2.39 bits per heavy atom. The molecule has 0 aliphatic carbocycles. The van der Waals surface area contributed by atoms with Crippen LogP contribution in [0.3, 0.4) is 0 Å². The highest BCUT2D eigenvalue weighted by Crippen LogP contribution is 2.13. The zero-order valence-corrected chi connectivity index (χ0v) is 10.4. The van der Waals surface area contributed by atoms with Crippen LogP contribution in [-0.2, 0) is 13.6 Å². The zero-order chi connectivity index (χ0) is 13.1. The van der Waals surface area contributed by atoms with Gasteiger partial charge in [-0.25, -0.2) is 9.37 Å². The molecular formula is C12H11ClFN3O. The summed E-state index contributed by atoms with van der Waals surface area (Å²) >= 11 is 5.73. The van der Waals surface area contributed by atoms with Gasteiger partial charge >= 0.3 is 0 Å². The van der Waals surface area contributed by atoms with E-state index < -0.39 is 11.7 Å². The van der Waals surface area contributed by atoms with Crippen molar-refractivity contribution in [2.24, 2.45) is 7.05 Å². The van der Waals surface area contributed by atoms with Crippen LogP contribution < -0.4 is 5.32 Å². The lowest BCUT2D eigenvalue weighted by molar-refractivity contribution is 0.0950. The Bertz CT molecular complexity index is 582. The number of nitrogens with one attached hydrogen (secondary N) is 1. The monoisotopic (exact) mass is 267 g/mol. The number of aromatic nitrogens is 2. The molecule has 2 aromatic heterocycles. The lowest BCUT2D eigenvalue weighted by atomic mass is 10.2. The Hall–Kier alpha value is -1.88. The van der Waals surface area contributed by atoms with Crippen LogP contribution in [0.15, 0.2) is 30.7 Å². The predicted molar refractivity (Wildman–Crippen MR) is 65.8 cm³/mol. The van der Waals surface area contributed by atoms with Crippen LogP contribution in [0.5, 0.6) is 0 Å². The summed E-state index contributed by atoms with van der Waals surface area (Å²) in [6.07, 6.45) is 4.72. The fourth-order valence-electron chi connectivity index (χ4n) is 1.52. The second-order valence-electron chi connectivity index (χ2n) is 3.86. The maximum atomic E-state index is 13.0. The molecule has 2 rings (SSSR count). The van der Waals surface area contributed by atoms with Gasteiger partial charge in [0.1, 0.15) is 11.0 Å². The van der Waals surface area contributed by atoms with Crippen molar-refractivity contribution in [3.05, 3.63) is 52.8 Å². The van der Waals surface area contributed by atoms with Crippen molar-refractivity contribution >= 4 is 17.5 Å². The number of pyridine rings is 1. The molecule has 6 heteroatoms. The second-order valence-corrected chi connectivity index (χ2v) is 4.22. The summed E-state index contributed by atoms with van der Waals surface area (Å²) in [4.78, 5) is 15.4. The molecule has 0 unspecified atom stereocenters. The van der Waals surface area contributed by atoms with Crippen LogP contribution >= 0.6 is 11.6 Å². The van der Waals surface area contributed by atoms with Crippen molar-refractivity contribution < 1.29 is 9.18 Å². The Balaban J connectivity index is 2.05. The largest absolute Gasteiger partial charge is 0.357 e. The van der Waals surface area contributed by atoms with Gasteiger partial charge in [0.05, 0.1) is 11.8 Å². The number of carbonyl (C=O) groups excluding carboxylic acids is 1. The Kier molecular flexibility index (Phi) is 3.62. The molecule has 4 nitrogen and oxygen atoms in total. The van der Waals surface area contributed by atoms with Gasteiger partial charge < -0.3 is 9.88 Å². The minimum atomic E-state index is -0.593. The molecule has 0 fully saturated rings. The van der Waals surface area contributed by atoms with E-state index >= 15 is 0 Å². The molecule has 0 saturated heterocycles. The van der Waals surface area contributed by atoms with Crippen LogP contribution in [0.4, 0.5) is 4.39 Å². The summed E-state index contributed by atoms with van der Waals surface area (Å²) in [7, 11) is 1.89. The van der Waals surface area contributed by atoms with E-state index in [2.05, 4.69) is 10.3 Å². The predicted octanol–water partition coefficient (Wildman–Crippen LogP) is 2.14. The molecule has 18 heavy (non-hydrogen) atoms. The van der Waals surface area contributed by atoms with Crippen molar-refractivity contribution in [1.82, 2.24) is 14.9 Å². The van der Waals surface area contributed by atoms with E-state index in [1.807, 2.05) is 30.1 Å². The number of aryl methyl sites for hydroxylation is 1. The molecule has 0 atom stereocenters. The fourth-order valence-corrected chi connectivity index (χ4v) is 1.71. The molecule has 1 N–H and O–H groups in total. The van der Waals surface area contributed by atoms with E-state index in [1.165, 1.54) is 0 Å². The molecule has 0 aromatic carbocycles. The van der Waals surface area contributed by atoms with Crippen molar-refractivity contribution in [2.75, 3.05) is 0 Å². The molecule has 2 aromatic rings. The van der Waals surface area contributed by atoms with Crippen molar-refractivity contribution in [2.45, 2.75) is 6.54 Å². The van der Waals surface area contributed by atoms with Crippen LogP contribution in [0.1, 0.15) is 15.9 Å². The maximum absolute atomic E-state index is 13.0. The van der Waals surface area contributed by atoms with Crippen LogP contribution in [0.2, 0.25) is 5.15 Å². The van der Waals surface area contributed by atoms with Gasteiger partial charge in [-0.1, -0.05) is 11.6 Å². The van der Waals surface area contributed by atoms with Gasteiger partial charge in [-0.3, -0.25) is 4.79 Å². The zero-order valence-electron chi connectivity index (χ0n) is 9.65. The number of hydrogen-bond donors (Lipinski definition) is 1. The molecule has 0 spiro atoms. The average molecular weight is 268 g/mol. The number of hydrogen-bond acceptors (Lipinski definition) is 2. The van der Waals surface area contributed by atoms with Gasteiger partial charge in [0.25, 0.3) is 5.91 Å². The van der Waals surface area contributed by atoms with Gasteiger partial charge in [0.15, 0.2) is 0 Å². The summed E-state index contributed by atoms with van der Waals surface area (Å²) in [5, 5.41) is 2.64. The second kappa shape index (κ2) is 5.18. The number of halogens is 2. The number of rotatable bonds is 3. The topological polar surface area (TPSA) is 46.9 Å². The third-order valence-electron chi connectivity index (χ3n) is 2.40. The average Bonchev–Trinajstić information content (AvgIpc) is 2.75. The molecule has 1 amide bonds. The van der Waals surface area contributed by atoms with E-state index in [9.17, 15) is 9.18 Å². The van der Waals surface area contributed by atoms with Crippen LogP contribution in [0.25, 0.3) is 0 Å². The molecular weight excluding hydrogens is 257 g/mol. The molecule has 0 bridgehead atoms. The number of nitrogens with zero attached hydrogens (tertiary/aromatic N) is 2. The fraction of sp³-hybridized carbons (Fsp3) is 0.167. The first-order valence-corrected chi connectivity index (χ1v) is 5.64. The standard InChI is InChI=1S/C12H11ClFN3O/c1-17-3-2-8(7-17)5-16-12(18)10-4-9(14)6-15-11(10)13/h2-4,6-7H,5H2,1H3,(H,16,18). The van der Waals surface area contributed by atoms with Gasteiger partial charge in [0.2, 0.25) is 0 Å². The lowest BCUT2D eigenvalue weighted by Crippen LogP contribution is -2.23. The molecule has 0 saturated carbocycles. The Morgan fingerprint density at radius 3 is 3.06 bits per heavy atom. The highest BCUT2D eigenvalue weighted by atomic mass is 35.5. The van der Waals surface area contributed by atoms with Gasteiger partial charge in [-0.2, -0.15) is 0 Å². The third-order valence-corrected chi connectivity index (χ3v) is 2.70. The van der Waals surface area contributed by atoms with E-state index in [-0.39, 0.29) is 10.7 Å². The summed E-state index contributed by atoms with van der Waals surface area (Å²) < 4.78 is 14.8. The highest BCUT2D eigenvalue weighted by Gasteiger charge is 2.12. The van der Waals surface area contributed by atoms with E-state index in [4.69, 9.17) is 11.6 Å². The van der Waals surface area contributed by atoms with E-state index in [0.29, 0.717) is 6.54 Å². The third kappa shape index (κ3) is 2.87. The normalized spacial score (nSPS) is 10.4. The van der Waals surface area contributed by atoms with Crippen molar-refractivity contribution in [3.63, 3.8) is 0 Å². The van der Waals surface area contributed by atoms with Crippen molar-refractivity contribution in [1.29, 1.82) is 0 Å². The number of carbonyl (C=O) groups is 1. The molecule has 0 aliphatic heterocycles. The summed E-state index contributed by atoms with van der Waals surface area (Å²) in [6, 6.07) is 2.95. The minimum absolute atomic E-state index is 0.0121.